The number of hydrogen-bond acceptors (Lipinski definition) is 3. The van der Waals surface area contributed by atoms with Gasteiger partial charge in [0.25, 0.3) is 0 Å². The molecule has 0 bridgehead atoms. The molecule has 6 heteroatoms. The van der Waals surface area contributed by atoms with Crippen LogP contribution in [0.2, 0.25) is 0 Å². The molecule has 4 nitrogen and oxygen atoms in total. The summed E-state index contributed by atoms with van der Waals surface area (Å²) in [6, 6.07) is 5.90. The van der Waals surface area contributed by atoms with Gasteiger partial charge in [-0.15, -0.1) is 10.2 Å². The molecule has 0 saturated heterocycles. The number of aromatic nitrogens is 2. The molecule has 1 aromatic carbocycles. The summed E-state index contributed by atoms with van der Waals surface area (Å²) in [6.07, 6.45) is 0. The van der Waals surface area contributed by atoms with E-state index in [0.717, 1.165) is 12.1 Å². The van der Waals surface area contributed by atoms with Gasteiger partial charge in [-0.25, -0.2) is 13.6 Å². The maximum absolute atomic E-state index is 13.0. The van der Waals surface area contributed by atoms with E-state index in [1.54, 1.807) is 0 Å². The smallest absolute Gasteiger partial charge is 0.356 e. The molecular weight excluding hydrogens is 230 g/mol. The van der Waals surface area contributed by atoms with Crippen molar-refractivity contribution in [2.24, 2.45) is 0 Å². The van der Waals surface area contributed by atoms with Crippen LogP contribution in [0.5, 0.6) is 0 Å². The van der Waals surface area contributed by atoms with Crippen molar-refractivity contribution in [1.82, 2.24) is 10.2 Å². The number of halogens is 2. The fraction of sp³-hybridized carbons (Fsp3) is 0. The molecule has 0 saturated carbocycles. The first kappa shape index (κ1) is 11.1. The summed E-state index contributed by atoms with van der Waals surface area (Å²) in [4.78, 5) is 10.5. The van der Waals surface area contributed by atoms with Gasteiger partial charge in [0.1, 0.15) is 0 Å². The number of benzene rings is 1. The van der Waals surface area contributed by atoms with Gasteiger partial charge in [0.2, 0.25) is 0 Å². The summed E-state index contributed by atoms with van der Waals surface area (Å²) >= 11 is 0. The molecule has 0 unspecified atom stereocenters. The molecule has 0 aliphatic heterocycles. The first-order valence-corrected chi connectivity index (χ1v) is 4.60. The maximum Gasteiger partial charge on any atom is 0.356 e. The van der Waals surface area contributed by atoms with Crippen molar-refractivity contribution in [3.05, 3.63) is 47.7 Å². The lowest BCUT2D eigenvalue weighted by Gasteiger charge is -2.01. The summed E-state index contributed by atoms with van der Waals surface area (Å²) < 4.78 is 25.7. The fourth-order valence-electron chi connectivity index (χ4n) is 1.26. The van der Waals surface area contributed by atoms with Crippen LogP contribution in [0.4, 0.5) is 8.78 Å². The van der Waals surface area contributed by atoms with Crippen molar-refractivity contribution in [1.29, 1.82) is 0 Å². The largest absolute Gasteiger partial charge is 0.476 e. The normalized spacial score (nSPS) is 10.2. The van der Waals surface area contributed by atoms with E-state index in [2.05, 4.69) is 10.2 Å². The summed E-state index contributed by atoms with van der Waals surface area (Å²) in [5, 5.41) is 15.7. The van der Waals surface area contributed by atoms with E-state index in [0.29, 0.717) is 5.56 Å². The third kappa shape index (κ3) is 2.25. The van der Waals surface area contributed by atoms with Crippen molar-refractivity contribution in [2.75, 3.05) is 0 Å². The molecule has 2 aromatic rings. The Morgan fingerprint density at radius 2 is 1.82 bits per heavy atom. The minimum Gasteiger partial charge on any atom is -0.476 e. The molecule has 0 radical (unpaired) electrons. The van der Waals surface area contributed by atoms with Crippen molar-refractivity contribution < 1.29 is 18.7 Å². The quantitative estimate of drug-likeness (QED) is 0.867. The first-order chi connectivity index (χ1) is 8.08. The molecule has 0 amide bonds. The molecular formula is C11H6F2N2O2. The van der Waals surface area contributed by atoms with E-state index in [-0.39, 0.29) is 11.4 Å². The molecule has 2 rings (SSSR count). The Kier molecular flexibility index (Phi) is 2.78. The molecule has 1 heterocycles. The lowest BCUT2D eigenvalue weighted by molar-refractivity contribution is 0.0689. The molecule has 0 aliphatic rings. The van der Waals surface area contributed by atoms with Gasteiger partial charge in [-0.1, -0.05) is 0 Å². The zero-order valence-electron chi connectivity index (χ0n) is 8.39. The Balaban J connectivity index is 2.39. The SMILES string of the molecule is O=C(O)c1ccc(-c2ccc(F)c(F)c2)nn1. The van der Waals surface area contributed by atoms with Crippen LogP contribution in [-0.4, -0.2) is 21.3 Å². The van der Waals surface area contributed by atoms with Crippen LogP contribution in [0.25, 0.3) is 11.3 Å². The molecule has 1 aromatic heterocycles. The van der Waals surface area contributed by atoms with Gasteiger partial charge < -0.3 is 5.11 Å². The standard InChI is InChI=1S/C11H6F2N2O2/c12-7-2-1-6(5-8(7)13)9-3-4-10(11(16)17)15-14-9/h1-5H,(H,16,17). The minimum atomic E-state index is -1.20. The van der Waals surface area contributed by atoms with E-state index in [9.17, 15) is 13.6 Å². The average molecular weight is 236 g/mol. The summed E-state index contributed by atoms with van der Waals surface area (Å²) in [5.41, 5.74) is 0.388. The lowest BCUT2D eigenvalue weighted by Crippen LogP contribution is -2.02. The van der Waals surface area contributed by atoms with Crippen LogP contribution < -0.4 is 0 Å². The Morgan fingerprint density at radius 1 is 1.06 bits per heavy atom. The Bertz CT molecular complexity index is 570. The van der Waals surface area contributed by atoms with Crippen molar-refractivity contribution in [3.63, 3.8) is 0 Å². The van der Waals surface area contributed by atoms with E-state index in [1.807, 2.05) is 0 Å². The predicted octanol–water partition coefficient (Wildman–Crippen LogP) is 2.12. The third-order valence-corrected chi connectivity index (χ3v) is 2.10. The molecule has 0 fully saturated rings. The van der Waals surface area contributed by atoms with Crippen LogP contribution in [0.15, 0.2) is 30.3 Å². The van der Waals surface area contributed by atoms with Crippen molar-refractivity contribution in [3.8, 4) is 11.3 Å². The van der Waals surface area contributed by atoms with Crippen LogP contribution >= 0.6 is 0 Å². The minimum absolute atomic E-state index is 0.212. The zero-order valence-corrected chi connectivity index (χ0v) is 8.39. The number of nitrogens with zero attached hydrogens (tertiary/aromatic N) is 2. The lowest BCUT2D eigenvalue weighted by atomic mass is 10.1. The Labute approximate surface area is 94.5 Å². The van der Waals surface area contributed by atoms with Crippen LogP contribution in [0, 0.1) is 11.6 Å². The fourth-order valence-corrected chi connectivity index (χ4v) is 1.26. The van der Waals surface area contributed by atoms with Crippen molar-refractivity contribution >= 4 is 5.97 Å². The average Bonchev–Trinajstić information content (AvgIpc) is 2.33. The van der Waals surface area contributed by atoms with Gasteiger partial charge in [0.15, 0.2) is 17.3 Å². The second-order valence-corrected chi connectivity index (χ2v) is 3.24. The number of carboxylic acids is 1. The van der Waals surface area contributed by atoms with E-state index < -0.39 is 17.6 Å². The highest BCUT2D eigenvalue weighted by Gasteiger charge is 2.08. The molecule has 0 aliphatic carbocycles. The predicted molar refractivity (Wildman–Crippen MR) is 54.3 cm³/mol. The number of rotatable bonds is 2. The van der Waals surface area contributed by atoms with Crippen LogP contribution in [0.3, 0.4) is 0 Å². The highest BCUT2D eigenvalue weighted by molar-refractivity contribution is 5.85. The highest BCUT2D eigenvalue weighted by Crippen LogP contribution is 2.18. The van der Waals surface area contributed by atoms with E-state index >= 15 is 0 Å². The number of carboxylic acid groups (broad SMARTS) is 1. The second kappa shape index (κ2) is 4.25. The van der Waals surface area contributed by atoms with Gasteiger partial charge in [-0.3, -0.25) is 0 Å². The van der Waals surface area contributed by atoms with Crippen molar-refractivity contribution in [2.45, 2.75) is 0 Å². The maximum atomic E-state index is 13.0. The molecule has 0 spiro atoms. The van der Waals surface area contributed by atoms with E-state index in [1.165, 1.54) is 18.2 Å². The zero-order chi connectivity index (χ0) is 12.4. The molecule has 86 valence electrons. The third-order valence-electron chi connectivity index (χ3n) is 2.10. The Hall–Kier alpha value is -2.37. The van der Waals surface area contributed by atoms with Gasteiger partial charge in [0.05, 0.1) is 5.69 Å². The van der Waals surface area contributed by atoms with Crippen LogP contribution in [0.1, 0.15) is 10.5 Å². The summed E-state index contributed by atoms with van der Waals surface area (Å²) in [7, 11) is 0. The number of hydrogen-bond donors (Lipinski definition) is 1. The van der Waals surface area contributed by atoms with E-state index in [4.69, 9.17) is 5.11 Å². The number of carbonyl (C=O) groups is 1. The van der Waals surface area contributed by atoms with Crippen LogP contribution in [-0.2, 0) is 0 Å². The highest BCUT2D eigenvalue weighted by atomic mass is 19.2. The summed E-state index contributed by atoms with van der Waals surface area (Å²) in [5.74, 6) is -3.15. The second-order valence-electron chi connectivity index (χ2n) is 3.24. The summed E-state index contributed by atoms with van der Waals surface area (Å²) in [6.45, 7) is 0. The molecule has 0 atom stereocenters. The Morgan fingerprint density at radius 3 is 2.35 bits per heavy atom. The van der Waals surface area contributed by atoms with Gasteiger partial charge in [-0.2, -0.15) is 0 Å². The van der Waals surface area contributed by atoms with Gasteiger partial charge >= 0.3 is 5.97 Å². The van der Waals surface area contributed by atoms with Gasteiger partial charge in [0, 0.05) is 5.56 Å². The first-order valence-electron chi connectivity index (χ1n) is 4.60. The number of aromatic carboxylic acids is 1. The molecule has 1 N–H and O–H groups in total. The monoisotopic (exact) mass is 236 g/mol. The topological polar surface area (TPSA) is 63.1 Å². The molecule has 17 heavy (non-hydrogen) atoms. The van der Waals surface area contributed by atoms with Gasteiger partial charge in [-0.05, 0) is 30.3 Å².